The van der Waals surface area contributed by atoms with Crippen molar-refractivity contribution < 1.29 is 23.8 Å². The maximum atomic E-state index is 13.0. The lowest BCUT2D eigenvalue weighted by atomic mass is 10.1. The number of carbonyl (C=O) groups is 2. The molecule has 32 heavy (non-hydrogen) atoms. The number of nitrogens with one attached hydrogen (secondary N) is 1. The quantitative estimate of drug-likeness (QED) is 0.546. The third-order valence-corrected chi connectivity index (χ3v) is 6.48. The number of aromatic nitrogens is 1. The summed E-state index contributed by atoms with van der Waals surface area (Å²) in [5.41, 5.74) is 2.39. The molecule has 3 aromatic rings. The Balaban J connectivity index is 1.68. The van der Waals surface area contributed by atoms with Gasteiger partial charge in [-0.25, -0.2) is 4.79 Å². The van der Waals surface area contributed by atoms with Crippen molar-refractivity contribution in [2.75, 3.05) is 39.2 Å². The van der Waals surface area contributed by atoms with Gasteiger partial charge in [0.05, 0.1) is 38.4 Å². The first-order valence-electron chi connectivity index (χ1n) is 10.3. The molecule has 9 heteroatoms. The van der Waals surface area contributed by atoms with E-state index in [-0.39, 0.29) is 24.6 Å². The molecule has 0 bridgehead atoms. The summed E-state index contributed by atoms with van der Waals surface area (Å²) in [7, 11) is 3.09. The number of thiophene rings is 1. The molecule has 1 aliphatic rings. The van der Waals surface area contributed by atoms with Crippen LogP contribution in [0.1, 0.15) is 27.7 Å². The molecule has 8 nitrogen and oxygen atoms in total. The average Bonchev–Trinajstić information content (AvgIpc) is 3.29. The minimum Gasteiger partial charge on any atom is -0.496 e. The fraction of sp³-hybridized carbons (Fsp3) is 0.348. The molecule has 1 aliphatic heterocycles. The first-order chi connectivity index (χ1) is 15.6. The minimum absolute atomic E-state index is 0.0192. The van der Waals surface area contributed by atoms with E-state index in [1.165, 1.54) is 16.6 Å². The number of esters is 1. The van der Waals surface area contributed by atoms with Crippen molar-refractivity contribution in [1.29, 1.82) is 0 Å². The Labute approximate surface area is 190 Å². The van der Waals surface area contributed by atoms with Crippen LogP contribution >= 0.6 is 11.3 Å². The summed E-state index contributed by atoms with van der Waals surface area (Å²) in [6.07, 6.45) is 2.30. The first-order valence-corrected chi connectivity index (χ1v) is 11.2. The van der Waals surface area contributed by atoms with E-state index in [0.717, 1.165) is 6.42 Å². The number of benzene rings is 1. The summed E-state index contributed by atoms with van der Waals surface area (Å²) in [4.78, 5) is 33.2. The van der Waals surface area contributed by atoms with Crippen molar-refractivity contribution in [1.82, 2.24) is 9.88 Å². The summed E-state index contributed by atoms with van der Waals surface area (Å²) < 4.78 is 16.2. The highest BCUT2D eigenvalue weighted by atomic mass is 32.1. The van der Waals surface area contributed by atoms with Crippen molar-refractivity contribution in [3.63, 3.8) is 0 Å². The Hall–Kier alpha value is -3.33. The topological polar surface area (TPSA) is 90.0 Å². The largest absolute Gasteiger partial charge is 0.496 e. The number of hydrogen-bond acceptors (Lipinski definition) is 8. The number of amides is 1. The molecular formula is C23H25N3O5S. The zero-order valence-electron chi connectivity index (χ0n) is 18.3. The summed E-state index contributed by atoms with van der Waals surface area (Å²) in [6.45, 7) is 3.25. The molecule has 0 aliphatic carbocycles. The lowest BCUT2D eigenvalue weighted by Gasteiger charge is -2.27. The number of anilines is 1. The second-order valence-electron chi connectivity index (χ2n) is 7.25. The van der Waals surface area contributed by atoms with Crippen LogP contribution in [-0.2, 0) is 22.5 Å². The summed E-state index contributed by atoms with van der Waals surface area (Å²) in [5, 5.41) is 5.79. The highest BCUT2D eigenvalue weighted by Gasteiger charge is 2.24. The lowest BCUT2D eigenvalue weighted by molar-refractivity contribution is -0.130. The van der Waals surface area contributed by atoms with E-state index < -0.39 is 5.97 Å². The summed E-state index contributed by atoms with van der Waals surface area (Å²) in [5.74, 6) is 0.466. The number of ether oxygens (including phenoxy) is 3. The van der Waals surface area contributed by atoms with E-state index in [9.17, 15) is 9.59 Å². The smallest absolute Gasteiger partial charge is 0.341 e. The molecule has 4 rings (SSSR count). The lowest BCUT2D eigenvalue weighted by Crippen LogP contribution is -2.39. The predicted molar refractivity (Wildman–Crippen MR) is 123 cm³/mol. The molecule has 1 aromatic carbocycles. The van der Waals surface area contributed by atoms with E-state index in [0.29, 0.717) is 41.2 Å². The van der Waals surface area contributed by atoms with Crippen molar-refractivity contribution in [3.05, 3.63) is 45.8 Å². The Morgan fingerprint density at radius 2 is 1.97 bits per heavy atom. The Bertz CT molecular complexity index is 1160. The summed E-state index contributed by atoms with van der Waals surface area (Å²) in [6, 6.07) is 5.56. The molecule has 0 spiro atoms. The van der Waals surface area contributed by atoms with E-state index in [1.807, 2.05) is 4.90 Å². The van der Waals surface area contributed by atoms with Crippen LogP contribution in [0.4, 0.5) is 5.69 Å². The van der Waals surface area contributed by atoms with E-state index in [2.05, 4.69) is 21.7 Å². The molecule has 3 heterocycles. The highest BCUT2D eigenvalue weighted by Crippen LogP contribution is 2.38. The van der Waals surface area contributed by atoms with Gasteiger partial charge >= 0.3 is 5.97 Å². The molecule has 2 aromatic heterocycles. The van der Waals surface area contributed by atoms with Crippen LogP contribution in [0.5, 0.6) is 11.5 Å². The van der Waals surface area contributed by atoms with Gasteiger partial charge in [-0.1, -0.05) is 0 Å². The van der Waals surface area contributed by atoms with Gasteiger partial charge in [-0.2, -0.15) is 0 Å². The van der Waals surface area contributed by atoms with Crippen molar-refractivity contribution in [2.45, 2.75) is 19.9 Å². The van der Waals surface area contributed by atoms with Gasteiger partial charge in [0, 0.05) is 24.2 Å². The molecule has 1 amide bonds. The maximum absolute atomic E-state index is 13.0. The third-order valence-electron chi connectivity index (χ3n) is 5.46. The zero-order valence-corrected chi connectivity index (χ0v) is 19.1. The number of carbonyl (C=O) groups excluding carboxylic acids is 2. The Kier molecular flexibility index (Phi) is 6.45. The highest BCUT2D eigenvalue weighted by molar-refractivity contribution is 7.10. The Morgan fingerprint density at radius 1 is 1.19 bits per heavy atom. The van der Waals surface area contributed by atoms with Gasteiger partial charge in [-0.3, -0.25) is 9.78 Å². The number of hydrogen-bond donors (Lipinski definition) is 1. The Morgan fingerprint density at radius 3 is 2.72 bits per heavy atom. The fourth-order valence-electron chi connectivity index (χ4n) is 3.87. The van der Waals surface area contributed by atoms with Gasteiger partial charge < -0.3 is 24.4 Å². The normalized spacial score (nSPS) is 12.9. The zero-order chi connectivity index (χ0) is 22.7. The van der Waals surface area contributed by atoms with Crippen LogP contribution in [0.3, 0.4) is 0 Å². The number of fused-ring (bicyclic) bond motifs is 2. The molecule has 0 fully saturated rings. The van der Waals surface area contributed by atoms with Gasteiger partial charge in [0.2, 0.25) is 5.91 Å². The van der Waals surface area contributed by atoms with Gasteiger partial charge in [0.25, 0.3) is 0 Å². The molecule has 0 atom stereocenters. The molecule has 0 radical (unpaired) electrons. The number of methoxy groups -OCH3 is 2. The van der Waals surface area contributed by atoms with E-state index >= 15 is 0 Å². The maximum Gasteiger partial charge on any atom is 0.341 e. The third kappa shape index (κ3) is 4.08. The second kappa shape index (κ2) is 9.44. The number of pyridine rings is 1. The molecule has 1 N–H and O–H groups in total. The van der Waals surface area contributed by atoms with Crippen molar-refractivity contribution >= 4 is 39.8 Å². The van der Waals surface area contributed by atoms with Crippen LogP contribution in [0, 0.1) is 0 Å². The monoisotopic (exact) mass is 455 g/mol. The van der Waals surface area contributed by atoms with Crippen LogP contribution in [0.2, 0.25) is 0 Å². The molecular weight excluding hydrogens is 430 g/mol. The minimum atomic E-state index is -0.525. The van der Waals surface area contributed by atoms with Crippen molar-refractivity contribution in [3.8, 4) is 11.5 Å². The number of nitrogens with zero attached hydrogens (tertiary/aromatic N) is 2. The standard InChI is InChI=1S/C23H25N3O5S/c1-4-31-23(28)15-11-24-22-17(30-3)6-5-16(29-2)20(22)21(15)25-12-19(27)26-9-7-18-14(13-26)8-10-32-18/h5-6,8,10-11H,4,7,9,12-13H2,1-3H3,(H,24,25). The SMILES string of the molecule is CCOC(=O)c1cnc2c(OC)ccc(OC)c2c1NCC(=O)N1CCc2sccc2C1. The molecule has 0 saturated carbocycles. The van der Waals surface area contributed by atoms with Crippen LogP contribution < -0.4 is 14.8 Å². The second-order valence-corrected chi connectivity index (χ2v) is 8.25. The average molecular weight is 456 g/mol. The van der Waals surface area contributed by atoms with E-state index in [4.69, 9.17) is 14.2 Å². The first kappa shape index (κ1) is 21.9. The van der Waals surface area contributed by atoms with Gasteiger partial charge in [0.1, 0.15) is 22.6 Å². The van der Waals surface area contributed by atoms with Gasteiger partial charge in [-0.15, -0.1) is 11.3 Å². The van der Waals surface area contributed by atoms with Crippen LogP contribution in [0.15, 0.2) is 29.8 Å². The van der Waals surface area contributed by atoms with Gasteiger partial charge in [0.15, 0.2) is 0 Å². The van der Waals surface area contributed by atoms with Crippen LogP contribution in [-0.4, -0.2) is 55.7 Å². The molecule has 168 valence electrons. The molecule has 0 unspecified atom stereocenters. The molecule has 0 saturated heterocycles. The number of rotatable bonds is 7. The van der Waals surface area contributed by atoms with Gasteiger partial charge in [-0.05, 0) is 42.5 Å². The summed E-state index contributed by atoms with van der Waals surface area (Å²) >= 11 is 1.73. The fourth-order valence-corrected chi connectivity index (χ4v) is 4.76. The predicted octanol–water partition coefficient (Wildman–Crippen LogP) is 3.49. The van der Waals surface area contributed by atoms with Crippen molar-refractivity contribution in [2.24, 2.45) is 0 Å². The van der Waals surface area contributed by atoms with Crippen LogP contribution in [0.25, 0.3) is 10.9 Å². The van der Waals surface area contributed by atoms with E-state index in [1.54, 1.807) is 44.6 Å².